The van der Waals surface area contributed by atoms with Crippen LogP contribution in [0.15, 0.2) is 0 Å². The van der Waals surface area contributed by atoms with Crippen LogP contribution >= 0.6 is 0 Å². The van der Waals surface area contributed by atoms with E-state index in [1.165, 1.54) is 9.80 Å². The minimum Gasteiger partial charge on any atom is -0.481 e. The summed E-state index contributed by atoms with van der Waals surface area (Å²) in [4.78, 5) is 37.6. The Kier molecular flexibility index (Phi) is 3.64. The molecule has 3 unspecified atom stereocenters. The number of hydrogen-bond donors (Lipinski definition) is 2. The summed E-state index contributed by atoms with van der Waals surface area (Å²) in [5.74, 6) is -1.97. The van der Waals surface area contributed by atoms with Crippen LogP contribution in [-0.4, -0.2) is 58.5 Å². The molecule has 2 aliphatic heterocycles. The van der Waals surface area contributed by atoms with Gasteiger partial charge in [-0.15, -0.1) is 0 Å². The summed E-state index contributed by atoms with van der Waals surface area (Å²) in [5.41, 5.74) is 5.28. The number of aliphatic carboxylic acids is 1. The maximum Gasteiger partial charge on any atom is 0.320 e. The molecular formula is C12H19N3O4. The van der Waals surface area contributed by atoms with Crippen molar-refractivity contribution in [1.29, 1.82) is 0 Å². The first-order valence-electron chi connectivity index (χ1n) is 6.49. The molecule has 0 aliphatic carbocycles. The Balaban J connectivity index is 2.05. The van der Waals surface area contributed by atoms with E-state index in [-0.39, 0.29) is 18.5 Å². The van der Waals surface area contributed by atoms with Gasteiger partial charge in [0.05, 0.1) is 5.92 Å². The number of nitrogens with two attached hydrogens (primary N) is 1. The van der Waals surface area contributed by atoms with Crippen molar-refractivity contribution >= 4 is 17.9 Å². The quantitative estimate of drug-likeness (QED) is 0.718. The third kappa shape index (κ3) is 2.50. The second-order valence-electron chi connectivity index (χ2n) is 5.36. The Hall–Kier alpha value is -1.79. The SMILES string of the molecule is CC1CN(C(=O)N2CCCC2C(N)=O)CC1C(=O)O. The normalized spacial score (nSPS) is 30.7. The number of urea groups is 1. The van der Waals surface area contributed by atoms with E-state index in [2.05, 4.69) is 0 Å². The predicted molar refractivity (Wildman–Crippen MR) is 66.2 cm³/mol. The summed E-state index contributed by atoms with van der Waals surface area (Å²) in [6.45, 7) is 2.95. The zero-order valence-electron chi connectivity index (χ0n) is 10.9. The molecule has 2 saturated heterocycles. The van der Waals surface area contributed by atoms with Crippen LogP contribution in [0.25, 0.3) is 0 Å². The highest BCUT2D eigenvalue weighted by Crippen LogP contribution is 2.26. The van der Waals surface area contributed by atoms with Crippen molar-refractivity contribution in [3.63, 3.8) is 0 Å². The van der Waals surface area contributed by atoms with Crippen LogP contribution in [0.5, 0.6) is 0 Å². The summed E-state index contributed by atoms with van der Waals surface area (Å²) in [6.07, 6.45) is 1.35. The highest BCUT2D eigenvalue weighted by Gasteiger charge is 2.41. The van der Waals surface area contributed by atoms with Crippen LogP contribution in [0, 0.1) is 11.8 Å². The van der Waals surface area contributed by atoms with Crippen LogP contribution in [0.4, 0.5) is 4.79 Å². The van der Waals surface area contributed by atoms with E-state index in [4.69, 9.17) is 10.8 Å². The minimum atomic E-state index is -0.879. The van der Waals surface area contributed by atoms with E-state index in [9.17, 15) is 14.4 Å². The smallest absolute Gasteiger partial charge is 0.320 e. The Bertz CT molecular complexity index is 412. The van der Waals surface area contributed by atoms with Crippen molar-refractivity contribution in [3.8, 4) is 0 Å². The fourth-order valence-electron chi connectivity index (χ4n) is 2.92. The van der Waals surface area contributed by atoms with Crippen molar-refractivity contribution in [2.75, 3.05) is 19.6 Å². The van der Waals surface area contributed by atoms with E-state index in [0.29, 0.717) is 19.5 Å². The van der Waals surface area contributed by atoms with Crippen LogP contribution in [0.2, 0.25) is 0 Å². The van der Waals surface area contributed by atoms with Crippen LogP contribution in [-0.2, 0) is 9.59 Å². The van der Waals surface area contributed by atoms with Gasteiger partial charge in [0.15, 0.2) is 0 Å². The maximum atomic E-state index is 12.3. The third-order valence-electron chi connectivity index (χ3n) is 4.03. The lowest BCUT2D eigenvalue weighted by molar-refractivity contribution is -0.142. The van der Waals surface area contributed by atoms with Gasteiger partial charge >= 0.3 is 12.0 Å². The van der Waals surface area contributed by atoms with E-state index in [1.807, 2.05) is 6.92 Å². The molecule has 2 fully saturated rings. The number of likely N-dealkylation sites (tertiary alicyclic amines) is 2. The van der Waals surface area contributed by atoms with Crippen molar-refractivity contribution in [2.45, 2.75) is 25.8 Å². The first-order valence-corrected chi connectivity index (χ1v) is 6.49. The maximum absolute atomic E-state index is 12.3. The van der Waals surface area contributed by atoms with Gasteiger partial charge in [-0.05, 0) is 18.8 Å². The zero-order chi connectivity index (χ0) is 14.2. The number of rotatable bonds is 2. The van der Waals surface area contributed by atoms with E-state index in [0.717, 1.165) is 6.42 Å². The lowest BCUT2D eigenvalue weighted by atomic mass is 9.99. The molecule has 3 N–H and O–H groups in total. The molecule has 0 saturated carbocycles. The average Bonchev–Trinajstić information content (AvgIpc) is 2.93. The molecule has 2 rings (SSSR count). The fraction of sp³-hybridized carbons (Fsp3) is 0.750. The van der Waals surface area contributed by atoms with Gasteiger partial charge in [0.2, 0.25) is 5.91 Å². The molecule has 19 heavy (non-hydrogen) atoms. The number of carbonyl (C=O) groups is 3. The topological polar surface area (TPSA) is 104 Å². The average molecular weight is 269 g/mol. The molecule has 7 nitrogen and oxygen atoms in total. The van der Waals surface area contributed by atoms with Crippen molar-refractivity contribution in [1.82, 2.24) is 9.80 Å². The molecular weight excluding hydrogens is 250 g/mol. The highest BCUT2D eigenvalue weighted by atomic mass is 16.4. The fourth-order valence-corrected chi connectivity index (χ4v) is 2.92. The summed E-state index contributed by atoms with van der Waals surface area (Å²) in [6, 6.07) is -0.816. The molecule has 0 radical (unpaired) electrons. The highest BCUT2D eigenvalue weighted by molar-refractivity contribution is 5.87. The summed E-state index contributed by atoms with van der Waals surface area (Å²) in [7, 11) is 0. The van der Waals surface area contributed by atoms with Gasteiger partial charge < -0.3 is 20.6 Å². The van der Waals surface area contributed by atoms with E-state index >= 15 is 0 Å². The van der Waals surface area contributed by atoms with Gasteiger partial charge in [0.1, 0.15) is 6.04 Å². The van der Waals surface area contributed by atoms with Crippen LogP contribution in [0.3, 0.4) is 0 Å². The van der Waals surface area contributed by atoms with Gasteiger partial charge in [-0.1, -0.05) is 6.92 Å². The summed E-state index contributed by atoms with van der Waals surface area (Å²) >= 11 is 0. The number of nitrogens with zero attached hydrogens (tertiary/aromatic N) is 2. The number of carboxylic acids is 1. The molecule has 3 atom stereocenters. The number of carbonyl (C=O) groups excluding carboxylic acids is 2. The predicted octanol–water partition coefficient (Wildman–Crippen LogP) is -0.291. The molecule has 3 amide bonds. The molecule has 106 valence electrons. The van der Waals surface area contributed by atoms with Gasteiger partial charge in [0.25, 0.3) is 0 Å². The largest absolute Gasteiger partial charge is 0.481 e. The number of carboxylic acid groups (broad SMARTS) is 1. The van der Waals surface area contributed by atoms with Gasteiger partial charge in [-0.2, -0.15) is 0 Å². The van der Waals surface area contributed by atoms with Gasteiger partial charge in [-0.25, -0.2) is 4.79 Å². The lowest BCUT2D eigenvalue weighted by Gasteiger charge is -2.27. The monoisotopic (exact) mass is 269 g/mol. The second-order valence-corrected chi connectivity index (χ2v) is 5.36. The van der Waals surface area contributed by atoms with Crippen LogP contribution in [0.1, 0.15) is 19.8 Å². The number of amides is 3. The lowest BCUT2D eigenvalue weighted by Crippen LogP contribution is -2.49. The molecule has 0 aromatic carbocycles. The van der Waals surface area contributed by atoms with Crippen LogP contribution < -0.4 is 5.73 Å². The Morgan fingerprint density at radius 2 is 1.95 bits per heavy atom. The Morgan fingerprint density at radius 1 is 1.26 bits per heavy atom. The molecule has 0 spiro atoms. The molecule has 0 aromatic heterocycles. The second kappa shape index (κ2) is 5.07. The van der Waals surface area contributed by atoms with Crippen molar-refractivity contribution < 1.29 is 19.5 Å². The van der Waals surface area contributed by atoms with Gasteiger partial charge in [0, 0.05) is 19.6 Å². The third-order valence-corrected chi connectivity index (χ3v) is 4.03. The van der Waals surface area contributed by atoms with E-state index < -0.39 is 23.8 Å². The zero-order valence-corrected chi connectivity index (χ0v) is 10.9. The number of primary amides is 1. The molecule has 2 heterocycles. The number of hydrogen-bond acceptors (Lipinski definition) is 3. The van der Waals surface area contributed by atoms with Gasteiger partial charge in [-0.3, -0.25) is 9.59 Å². The van der Waals surface area contributed by atoms with Crippen molar-refractivity contribution in [3.05, 3.63) is 0 Å². The molecule has 2 aliphatic rings. The minimum absolute atomic E-state index is 0.0731. The van der Waals surface area contributed by atoms with E-state index in [1.54, 1.807) is 0 Å². The summed E-state index contributed by atoms with van der Waals surface area (Å²) < 4.78 is 0. The Morgan fingerprint density at radius 3 is 2.47 bits per heavy atom. The molecule has 0 aromatic rings. The first kappa shape index (κ1) is 13.6. The summed E-state index contributed by atoms with van der Waals surface area (Å²) in [5, 5.41) is 9.06. The van der Waals surface area contributed by atoms with Crippen molar-refractivity contribution in [2.24, 2.45) is 17.6 Å². The molecule has 0 bridgehead atoms. The molecule has 7 heteroatoms. The Labute approximate surface area is 111 Å². The standard InChI is InChI=1S/C12H19N3O4/c1-7-5-14(6-8(7)11(17)18)12(19)15-4-2-3-9(15)10(13)16/h7-9H,2-6H2,1H3,(H2,13,16)(H,17,18). The first-order chi connectivity index (χ1) is 8.91.